The maximum absolute atomic E-state index is 12.8. The number of benzene rings is 2. The van der Waals surface area contributed by atoms with Gasteiger partial charge < -0.3 is 25.4 Å². The minimum Gasteiger partial charge on any atom is -0.463 e. The van der Waals surface area contributed by atoms with E-state index in [2.05, 4.69) is 16.0 Å². The summed E-state index contributed by atoms with van der Waals surface area (Å²) < 4.78 is 10.6. The van der Waals surface area contributed by atoms with E-state index in [1.807, 2.05) is 6.07 Å². The zero-order chi connectivity index (χ0) is 24.2. The van der Waals surface area contributed by atoms with Gasteiger partial charge in [0.25, 0.3) is 0 Å². The van der Waals surface area contributed by atoms with E-state index in [9.17, 15) is 19.2 Å². The number of hydrogen-bond donors (Lipinski definition) is 3. The molecule has 2 aliphatic rings. The number of carbonyl (C=O) groups excluding carboxylic acids is 4. The van der Waals surface area contributed by atoms with Gasteiger partial charge >= 0.3 is 18.0 Å². The van der Waals surface area contributed by atoms with E-state index in [4.69, 9.17) is 9.47 Å². The largest absolute Gasteiger partial charge is 0.463 e. The number of esters is 2. The van der Waals surface area contributed by atoms with Crippen LogP contribution in [0.2, 0.25) is 0 Å². The first-order valence-electron chi connectivity index (χ1n) is 10.7. The normalized spacial score (nSPS) is 19.4. The summed E-state index contributed by atoms with van der Waals surface area (Å²) in [6, 6.07) is 12.6. The van der Waals surface area contributed by atoms with Gasteiger partial charge in [0.1, 0.15) is 6.61 Å². The molecule has 0 saturated carbocycles. The van der Waals surface area contributed by atoms with Gasteiger partial charge in [-0.2, -0.15) is 0 Å². The zero-order valence-corrected chi connectivity index (χ0v) is 19.4. The number of hydrogen-bond acceptors (Lipinski definition) is 7. The molecule has 0 unspecified atom stereocenters. The van der Waals surface area contributed by atoms with E-state index in [1.54, 1.807) is 56.3 Å². The molecule has 0 aromatic heterocycles. The molecule has 4 rings (SSSR count). The predicted octanol–water partition coefficient (Wildman–Crippen LogP) is 3.15. The first-order chi connectivity index (χ1) is 16.4. The van der Waals surface area contributed by atoms with Crippen LogP contribution in [-0.2, 0) is 19.1 Å². The molecule has 0 spiro atoms. The van der Waals surface area contributed by atoms with Crippen molar-refractivity contribution < 1.29 is 28.7 Å². The summed E-state index contributed by atoms with van der Waals surface area (Å²) in [5.41, 5.74) is 1.74. The van der Waals surface area contributed by atoms with Crippen molar-refractivity contribution in [3.05, 3.63) is 70.9 Å². The van der Waals surface area contributed by atoms with Crippen LogP contribution in [0.1, 0.15) is 35.8 Å². The molecular weight excluding hydrogens is 458 g/mol. The average Bonchev–Trinajstić information content (AvgIpc) is 2.83. The van der Waals surface area contributed by atoms with Gasteiger partial charge in [0.15, 0.2) is 0 Å². The summed E-state index contributed by atoms with van der Waals surface area (Å²) in [6.07, 6.45) is 0. The lowest BCUT2D eigenvalue weighted by atomic mass is 9.95. The van der Waals surface area contributed by atoms with Crippen molar-refractivity contribution in [1.82, 2.24) is 10.6 Å². The minimum absolute atomic E-state index is 0.139. The molecule has 34 heavy (non-hydrogen) atoms. The van der Waals surface area contributed by atoms with Crippen molar-refractivity contribution in [2.24, 2.45) is 0 Å². The molecule has 0 aliphatic carbocycles. The van der Waals surface area contributed by atoms with Crippen LogP contribution in [0.25, 0.3) is 0 Å². The number of amides is 3. The molecule has 9 nitrogen and oxygen atoms in total. The van der Waals surface area contributed by atoms with Crippen LogP contribution in [0.4, 0.5) is 10.5 Å². The van der Waals surface area contributed by atoms with E-state index in [1.165, 1.54) is 11.8 Å². The molecule has 2 atom stereocenters. The van der Waals surface area contributed by atoms with Gasteiger partial charge in [0.2, 0.25) is 5.91 Å². The van der Waals surface area contributed by atoms with Crippen molar-refractivity contribution >= 4 is 41.3 Å². The fraction of sp³-hybridized carbons (Fsp3) is 0.250. The Morgan fingerprint density at radius 3 is 2.50 bits per heavy atom. The molecule has 0 bridgehead atoms. The third-order valence-corrected chi connectivity index (χ3v) is 6.45. The molecule has 2 aromatic carbocycles. The van der Waals surface area contributed by atoms with Crippen molar-refractivity contribution in [2.45, 2.75) is 30.0 Å². The Balaban J connectivity index is 1.58. The van der Waals surface area contributed by atoms with Gasteiger partial charge in [-0.3, -0.25) is 4.79 Å². The Kier molecular flexibility index (Phi) is 6.87. The lowest BCUT2D eigenvalue weighted by molar-refractivity contribution is -0.139. The number of fused-ring (bicyclic) bond motifs is 1. The molecule has 0 radical (unpaired) electrons. The monoisotopic (exact) mass is 481 g/mol. The van der Waals surface area contributed by atoms with Gasteiger partial charge in [-0.25, -0.2) is 14.4 Å². The van der Waals surface area contributed by atoms with Gasteiger partial charge in [0, 0.05) is 4.90 Å². The third kappa shape index (κ3) is 4.91. The Bertz CT molecular complexity index is 1180. The second-order valence-corrected chi connectivity index (χ2v) is 8.97. The minimum atomic E-state index is -0.763. The highest BCUT2D eigenvalue weighted by molar-refractivity contribution is 8.00. The topological polar surface area (TPSA) is 123 Å². The first kappa shape index (κ1) is 23.4. The molecular formula is C24H23N3O6S. The molecule has 2 heterocycles. The number of urea groups is 1. The molecule has 0 saturated heterocycles. The van der Waals surface area contributed by atoms with Crippen LogP contribution < -0.4 is 16.0 Å². The zero-order valence-electron chi connectivity index (χ0n) is 18.5. The maximum atomic E-state index is 12.8. The van der Waals surface area contributed by atoms with Crippen molar-refractivity contribution in [2.75, 3.05) is 18.5 Å². The fourth-order valence-corrected chi connectivity index (χ4v) is 4.56. The first-order valence-corrected chi connectivity index (χ1v) is 11.6. The van der Waals surface area contributed by atoms with Crippen LogP contribution in [0, 0.1) is 0 Å². The van der Waals surface area contributed by atoms with Crippen LogP contribution >= 0.6 is 11.8 Å². The number of anilines is 1. The highest BCUT2D eigenvalue weighted by Crippen LogP contribution is 2.36. The average molecular weight is 482 g/mol. The Labute approximate surface area is 200 Å². The number of nitrogens with one attached hydrogen (secondary N) is 3. The van der Waals surface area contributed by atoms with E-state index >= 15 is 0 Å². The standard InChI is InChI=1S/C24H23N3O6S/c1-3-32-23(30)19-17(26-24(31)27-20(19)14-7-5-4-6-8-14)12-33-22(29)15-9-10-18-16(11-15)25-21(28)13(2)34-18/h4-11,13,20H,3,12H2,1-2H3,(H,25,28)(H2,26,27,31)/t13-,20+/m1/s1. The fourth-order valence-electron chi connectivity index (χ4n) is 3.63. The van der Waals surface area contributed by atoms with Gasteiger partial charge in [0.05, 0.1) is 40.4 Å². The third-order valence-electron chi connectivity index (χ3n) is 5.28. The van der Waals surface area contributed by atoms with Crippen molar-refractivity contribution in [3.63, 3.8) is 0 Å². The smallest absolute Gasteiger partial charge is 0.338 e. The van der Waals surface area contributed by atoms with Crippen LogP contribution in [0.3, 0.4) is 0 Å². The lowest BCUT2D eigenvalue weighted by Crippen LogP contribution is -2.47. The highest BCUT2D eigenvalue weighted by Gasteiger charge is 2.34. The Hall–Kier alpha value is -3.79. The van der Waals surface area contributed by atoms with Crippen LogP contribution in [-0.4, -0.2) is 42.3 Å². The Morgan fingerprint density at radius 1 is 1.00 bits per heavy atom. The van der Waals surface area contributed by atoms with E-state index in [0.717, 1.165) is 4.90 Å². The van der Waals surface area contributed by atoms with Gasteiger partial charge in [-0.1, -0.05) is 30.3 Å². The van der Waals surface area contributed by atoms with Crippen LogP contribution in [0.5, 0.6) is 0 Å². The van der Waals surface area contributed by atoms with Crippen molar-refractivity contribution in [1.29, 1.82) is 0 Å². The molecule has 0 fully saturated rings. The molecule has 2 aliphatic heterocycles. The SMILES string of the molecule is CCOC(=O)C1=C(COC(=O)c2ccc3c(c2)NC(=O)[C@@H](C)S3)NC(=O)N[C@H]1c1ccccc1. The molecule has 176 valence electrons. The van der Waals surface area contributed by atoms with E-state index in [0.29, 0.717) is 11.3 Å². The predicted molar refractivity (Wildman–Crippen MR) is 125 cm³/mol. The quantitative estimate of drug-likeness (QED) is 0.542. The lowest BCUT2D eigenvalue weighted by Gasteiger charge is -2.29. The molecule has 10 heteroatoms. The number of rotatable bonds is 6. The summed E-state index contributed by atoms with van der Waals surface area (Å²) in [6.45, 7) is 3.27. The second-order valence-electron chi connectivity index (χ2n) is 7.59. The number of thioether (sulfide) groups is 1. The number of ether oxygens (including phenoxy) is 2. The van der Waals surface area contributed by atoms with Gasteiger partial charge in [-0.05, 0) is 37.6 Å². The molecule has 3 amide bonds. The summed E-state index contributed by atoms with van der Waals surface area (Å²) in [5, 5.41) is 7.84. The van der Waals surface area contributed by atoms with Crippen LogP contribution in [0.15, 0.2) is 64.7 Å². The Morgan fingerprint density at radius 2 is 1.76 bits per heavy atom. The summed E-state index contributed by atoms with van der Waals surface area (Å²) >= 11 is 1.41. The summed E-state index contributed by atoms with van der Waals surface area (Å²) in [5.74, 6) is -1.44. The summed E-state index contributed by atoms with van der Waals surface area (Å²) in [7, 11) is 0. The van der Waals surface area contributed by atoms with Gasteiger partial charge in [-0.15, -0.1) is 11.8 Å². The van der Waals surface area contributed by atoms with E-state index < -0.39 is 24.0 Å². The molecule has 2 aromatic rings. The summed E-state index contributed by atoms with van der Waals surface area (Å²) in [4.78, 5) is 50.7. The highest BCUT2D eigenvalue weighted by atomic mass is 32.2. The second kappa shape index (κ2) is 10.0. The molecule has 3 N–H and O–H groups in total. The number of carbonyl (C=O) groups is 4. The van der Waals surface area contributed by atoms with Crippen molar-refractivity contribution in [3.8, 4) is 0 Å². The maximum Gasteiger partial charge on any atom is 0.338 e. The van der Waals surface area contributed by atoms with E-state index in [-0.39, 0.29) is 41.2 Å².